The molecule has 4 aliphatic carbocycles. The number of aliphatic carboxylic acids is 1. The summed E-state index contributed by atoms with van der Waals surface area (Å²) < 4.78 is 0. The first-order chi connectivity index (χ1) is 11.8. The highest BCUT2D eigenvalue weighted by Gasteiger charge is 2.60. The van der Waals surface area contributed by atoms with Crippen LogP contribution in [0.2, 0.25) is 0 Å². The smallest absolute Gasteiger partial charge is 0.306 e. The van der Waals surface area contributed by atoms with E-state index in [1.165, 1.54) is 32.1 Å². The molecule has 25 heavy (non-hydrogen) atoms. The predicted molar refractivity (Wildman–Crippen MR) is 97.0 cm³/mol. The fourth-order valence-corrected chi connectivity index (χ4v) is 8.15. The van der Waals surface area contributed by atoms with Crippen molar-refractivity contribution in [3.05, 3.63) is 0 Å². The molecule has 0 aromatic carbocycles. The molecule has 1 N–H and O–H groups in total. The number of carbonyl (C=O) groups is 2. The number of carboxylic acid groups (broad SMARTS) is 1. The molecule has 0 bridgehead atoms. The Hall–Kier alpha value is -0.860. The normalized spacial score (nSPS) is 52.0. The lowest BCUT2D eigenvalue weighted by Gasteiger charge is -2.61. The van der Waals surface area contributed by atoms with Gasteiger partial charge in [0.2, 0.25) is 0 Å². The van der Waals surface area contributed by atoms with Gasteiger partial charge in [-0.05, 0) is 99.2 Å². The molecule has 4 saturated carbocycles. The monoisotopic (exact) mass is 346 g/mol. The van der Waals surface area contributed by atoms with Crippen molar-refractivity contribution in [1.29, 1.82) is 0 Å². The Bertz CT molecular complexity index is 584. The van der Waals surface area contributed by atoms with Gasteiger partial charge in [-0.2, -0.15) is 0 Å². The maximum absolute atomic E-state index is 12.2. The van der Waals surface area contributed by atoms with E-state index in [0.717, 1.165) is 43.4 Å². The quantitative estimate of drug-likeness (QED) is 0.771. The Morgan fingerprint density at radius 2 is 1.56 bits per heavy atom. The second-order valence-corrected chi connectivity index (χ2v) is 10.3. The minimum Gasteiger partial charge on any atom is -0.481 e. The molecule has 4 fully saturated rings. The summed E-state index contributed by atoms with van der Waals surface area (Å²) in [5.41, 5.74) is 0.568. The van der Waals surface area contributed by atoms with Crippen LogP contribution >= 0.6 is 0 Å². The molecule has 0 amide bonds. The number of hydrogen-bond donors (Lipinski definition) is 1. The number of rotatable bonds is 2. The molecular weight excluding hydrogens is 312 g/mol. The number of fused-ring (bicyclic) bond motifs is 5. The molecule has 140 valence electrons. The highest BCUT2D eigenvalue weighted by atomic mass is 16.4. The molecule has 3 nitrogen and oxygen atoms in total. The van der Waals surface area contributed by atoms with E-state index in [0.29, 0.717) is 17.1 Å². The van der Waals surface area contributed by atoms with Crippen molar-refractivity contribution in [3.8, 4) is 0 Å². The maximum Gasteiger partial charge on any atom is 0.306 e. The second kappa shape index (κ2) is 5.82. The first-order valence-electron chi connectivity index (χ1n) is 10.5. The van der Waals surface area contributed by atoms with Gasteiger partial charge in [-0.1, -0.05) is 13.8 Å². The van der Waals surface area contributed by atoms with E-state index in [1.54, 1.807) is 6.92 Å². The van der Waals surface area contributed by atoms with Gasteiger partial charge < -0.3 is 5.11 Å². The first-order valence-corrected chi connectivity index (χ1v) is 10.5. The van der Waals surface area contributed by atoms with E-state index in [9.17, 15) is 14.7 Å². The average Bonchev–Trinajstić information content (AvgIpc) is 2.91. The van der Waals surface area contributed by atoms with Gasteiger partial charge >= 0.3 is 5.97 Å². The van der Waals surface area contributed by atoms with Crippen LogP contribution in [0.3, 0.4) is 0 Å². The van der Waals surface area contributed by atoms with Gasteiger partial charge in [0.15, 0.2) is 0 Å². The lowest BCUT2D eigenvalue weighted by Crippen LogP contribution is -2.54. The largest absolute Gasteiger partial charge is 0.481 e. The van der Waals surface area contributed by atoms with Crippen LogP contribution < -0.4 is 0 Å². The minimum atomic E-state index is -0.583. The predicted octanol–water partition coefficient (Wildman–Crippen LogP) is 4.94. The van der Waals surface area contributed by atoms with Crippen LogP contribution in [0.25, 0.3) is 0 Å². The maximum atomic E-state index is 12.2. The molecule has 0 saturated heterocycles. The molecule has 8 atom stereocenters. The van der Waals surface area contributed by atoms with Crippen LogP contribution in [0.4, 0.5) is 0 Å². The first kappa shape index (κ1) is 17.5. The van der Waals surface area contributed by atoms with Gasteiger partial charge in [-0.25, -0.2) is 0 Å². The molecule has 0 aliphatic heterocycles. The Balaban J connectivity index is 1.58. The summed E-state index contributed by atoms with van der Waals surface area (Å²) in [5.74, 6) is 2.83. The van der Waals surface area contributed by atoms with Gasteiger partial charge in [0, 0.05) is 5.92 Å². The zero-order valence-electron chi connectivity index (χ0n) is 16.1. The molecule has 0 aromatic rings. The van der Waals surface area contributed by atoms with Crippen LogP contribution in [0.1, 0.15) is 78.6 Å². The SMILES string of the molecule is CC(=O)[C@H]1CC[C@H]2[C@@H]3CC[C@H]4C[C@@H](C(=O)O)CC[C@]4(C)[C@H]3CC[C@]12C. The highest BCUT2D eigenvalue weighted by Crippen LogP contribution is 2.67. The highest BCUT2D eigenvalue weighted by molar-refractivity contribution is 5.79. The molecule has 3 heteroatoms. The Labute approximate surface area is 151 Å². The van der Waals surface area contributed by atoms with Crippen LogP contribution in [0.15, 0.2) is 0 Å². The molecule has 4 aliphatic rings. The van der Waals surface area contributed by atoms with Gasteiger partial charge in [0.25, 0.3) is 0 Å². The van der Waals surface area contributed by atoms with E-state index >= 15 is 0 Å². The zero-order chi connectivity index (χ0) is 18.0. The van der Waals surface area contributed by atoms with Crippen molar-refractivity contribution in [3.63, 3.8) is 0 Å². The van der Waals surface area contributed by atoms with Gasteiger partial charge in [-0.15, -0.1) is 0 Å². The number of carbonyl (C=O) groups excluding carboxylic acids is 1. The lowest BCUT2D eigenvalue weighted by molar-refractivity contribution is -0.152. The summed E-state index contributed by atoms with van der Waals surface area (Å²) in [6, 6.07) is 0. The van der Waals surface area contributed by atoms with Crippen molar-refractivity contribution in [2.75, 3.05) is 0 Å². The summed E-state index contributed by atoms with van der Waals surface area (Å²) in [4.78, 5) is 23.7. The third-order valence-electron chi connectivity index (χ3n) is 9.51. The van der Waals surface area contributed by atoms with E-state index in [4.69, 9.17) is 0 Å². The van der Waals surface area contributed by atoms with Crippen LogP contribution in [0, 0.1) is 46.3 Å². The van der Waals surface area contributed by atoms with E-state index < -0.39 is 5.97 Å². The molecule has 0 radical (unpaired) electrons. The summed E-state index contributed by atoms with van der Waals surface area (Å²) in [6.07, 6.45) is 10.1. The van der Waals surface area contributed by atoms with Crippen molar-refractivity contribution in [2.24, 2.45) is 46.3 Å². The zero-order valence-corrected chi connectivity index (χ0v) is 16.1. The van der Waals surface area contributed by atoms with E-state index in [1.807, 2.05) is 0 Å². The fraction of sp³-hybridized carbons (Fsp3) is 0.909. The summed E-state index contributed by atoms with van der Waals surface area (Å²) in [7, 11) is 0. The number of carboxylic acids is 1. The Morgan fingerprint density at radius 1 is 0.880 bits per heavy atom. The molecule has 0 spiro atoms. The topological polar surface area (TPSA) is 54.4 Å². The van der Waals surface area contributed by atoms with Crippen LogP contribution in [-0.2, 0) is 9.59 Å². The number of ketones is 1. The standard InChI is InChI=1S/C22H34O3/c1-13(23)17-6-7-18-16-5-4-15-12-14(20(24)25)8-10-21(15,2)19(16)9-11-22(17,18)3/h14-19H,4-12H2,1-3H3,(H,24,25)/t14-,15-,16-,17+,18-,19-,21-,22+/m0/s1. The number of hydrogen-bond acceptors (Lipinski definition) is 2. The third-order valence-corrected chi connectivity index (χ3v) is 9.51. The Morgan fingerprint density at radius 3 is 2.24 bits per heavy atom. The van der Waals surface area contributed by atoms with Crippen LogP contribution in [0.5, 0.6) is 0 Å². The second-order valence-electron chi connectivity index (χ2n) is 10.3. The molecule has 0 heterocycles. The fourth-order valence-electron chi connectivity index (χ4n) is 8.15. The van der Waals surface area contributed by atoms with Crippen molar-refractivity contribution in [2.45, 2.75) is 78.6 Å². The van der Waals surface area contributed by atoms with Gasteiger partial charge in [0.05, 0.1) is 5.92 Å². The third kappa shape index (κ3) is 2.44. The summed E-state index contributed by atoms with van der Waals surface area (Å²) in [5, 5.41) is 9.45. The Kier molecular flexibility index (Phi) is 4.09. The van der Waals surface area contributed by atoms with Gasteiger partial charge in [-0.3, -0.25) is 9.59 Å². The number of Topliss-reactive ketones (excluding diaryl/α,β-unsaturated/α-hetero) is 1. The van der Waals surface area contributed by atoms with Crippen LogP contribution in [-0.4, -0.2) is 16.9 Å². The van der Waals surface area contributed by atoms with Crippen molar-refractivity contribution >= 4 is 11.8 Å². The van der Waals surface area contributed by atoms with Crippen molar-refractivity contribution in [1.82, 2.24) is 0 Å². The molecule has 0 unspecified atom stereocenters. The molecule has 0 aromatic heterocycles. The summed E-state index contributed by atoms with van der Waals surface area (Å²) >= 11 is 0. The van der Waals surface area contributed by atoms with E-state index in [-0.39, 0.29) is 17.3 Å². The van der Waals surface area contributed by atoms with Gasteiger partial charge in [0.1, 0.15) is 5.78 Å². The average molecular weight is 347 g/mol. The van der Waals surface area contributed by atoms with Crippen molar-refractivity contribution < 1.29 is 14.7 Å². The lowest BCUT2D eigenvalue weighted by atomic mass is 9.44. The minimum absolute atomic E-state index is 0.114. The molecular formula is C22H34O3. The molecule has 4 rings (SSSR count). The van der Waals surface area contributed by atoms with E-state index in [2.05, 4.69) is 13.8 Å². The summed E-state index contributed by atoms with van der Waals surface area (Å²) in [6.45, 7) is 6.69.